The third kappa shape index (κ3) is 9.42. The van der Waals surface area contributed by atoms with Gasteiger partial charge in [0.05, 0.1) is 12.1 Å². The van der Waals surface area contributed by atoms with Crippen molar-refractivity contribution < 1.29 is 9.90 Å². The van der Waals surface area contributed by atoms with Gasteiger partial charge in [-0.2, -0.15) is 0 Å². The van der Waals surface area contributed by atoms with Crippen molar-refractivity contribution in [3.63, 3.8) is 0 Å². The predicted octanol–water partition coefficient (Wildman–Crippen LogP) is 1.53. The van der Waals surface area contributed by atoms with Crippen molar-refractivity contribution in [1.29, 1.82) is 0 Å². The summed E-state index contributed by atoms with van der Waals surface area (Å²) in [6, 6.07) is -0.251. The molecule has 0 spiro atoms. The second-order valence-electron chi connectivity index (χ2n) is 5.89. The first kappa shape index (κ1) is 17.4. The first-order valence-corrected chi connectivity index (χ1v) is 7.02. The van der Waals surface area contributed by atoms with E-state index in [9.17, 15) is 9.90 Å². The molecule has 3 N–H and O–H groups in total. The number of amides is 1. The quantitative estimate of drug-likeness (QED) is 0.588. The van der Waals surface area contributed by atoms with Gasteiger partial charge in [0.15, 0.2) is 0 Å². The Morgan fingerprint density at radius 1 is 1.11 bits per heavy atom. The molecule has 1 amide bonds. The molecule has 0 aliphatic rings. The third-order valence-corrected chi connectivity index (χ3v) is 2.82. The molecule has 4 heteroatoms. The van der Waals surface area contributed by atoms with Crippen molar-refractivity contribution in [1.82, 2.24) is 10.6 Å². The van der Waals surface area contributed by atoms with Gasteiger partial charge in [-0.1, -0.05) is 27.7 Å². The minimum Gasteiger partial charge on any atom is -0.392 e. The fourth-order valence-corrected chi connectivity index (χ4v) is 1.67. The number of hydrogen-bond acceptors (Lipinski definition) is 3. The number of carbonyl (C=O) groups is 1. The van der Waals surface area contributed by atoms with E-state index < -0.39 is 0 Å². The first-order chi connectivity index (χ1) is 8.32. The largest absolute Gasteiger partial charge is 0.392 e. The van der Waals surface area contributed by atoms with Gasteiger partial charge in [-0.25, -0.2) is 0 Å². The monoisotopic (exact) mass is 258 g/mol. The zero-order chi connectivity index (χ0) is 14.1. The minimum absolute atomic E-state index is 0.00685. The Morgan fingerprint density at radius 3 is 2.22 bits per heavy atom. The van der Waals surface area contributed by atoms with Crippen molar-refractivity contribution in [3.8, 4) is 0 Å². The lowest BCUT2D eigenvalue weighted by atomic mass is 10.1. The molecule has 0 heterocycles. The molecule has 2 unspecified atom stereocenters. The molecule has 0 rings (SSSR count). The molecule has 0 fully saturated rings. The highest BCUT2D eigenvalue weighted by Crippen LogP contribution is 2.03. The van der Waals surface area contributed by atoms with E-state index in [0.717, 1.165) is 19.4 Å². The Bertz CT molecular complexity index is 230. The van der Waals surface area contributed by atoms with E-state index >= 15 is 0 Å². The van der Waals surface area contributed by atoms with E-state index in [4.69, 9.17) is 0 Å². The normalized spacial score (nSPS) is 14.9. The maximum Gasteiger partial charge on any atom is 0.236 e. The number of carbonyl (C=O) groups excluding carboxylic acids is 1. The summed E-state index contributed by atoms with van der Waals surface area (Å²) in [5, 5.41) is 15.7. The summed E-state index contributed by atoms with van der Waals surface area (Å²) in [5.41, 5.74) is 0. The molecule has 2 atom stereocenters. The Labute approximate surface area is 112 Å². The molecule has 0 aliphatic heterocycles. The maximum atomic E-state index is 11.7. The van der Waals surface area contributed by atoms with Crippen LogP contribution in [0.25, 0.3) is 0 Å². The summed E-state index contributed by atoms with van der Waals surface area (Å²) in [6.45, 7) is 11.4. The molecule has 0 saturated heterocycles. The van der Waals surface area contributed by atoms with Crippen molar-refractivity contribution >= 4 is 5.91 Å². The molecule has 0 aromatic rings. The number of aliphatic hydroxyl groups excluding tert-OH is 1. The molecule has 4 nitrogen and oxygen atoms in total. The average molecular weight is 258 g/mol. The Morgan fingerprint density at radius 2 is 1.72 bits per heavy atom. The zero-order valence-electron chi connectivity index (χ0n) is 12.5. The number of rotatable bonds is 9. The van der Waals surface area contributed by atoms with Crippen LogP contribution in [0.2, 0.25) is 0 Å². The molecule has 0 aliphatic carbocycles. The van der Waals surface area contributed by atoms with Crippen LogP contribution >= 0.6 is 0 Å². The van der Waals surface area contributed by atoms with Crippen LogP contribution in [0.1, 0.15) is 47.5 Å². The molecule has 0 radical (unpaired) electrons. The highest BCUT2D eigenvalue weighted by Gasteiger charge is 2.14. The Hall–Kier alpha value is -0.610. The first-order valence-electron chi connectivity index (χ1n) is 7.02. The second-order valence-corrected chi connectivity index (χ2v) is 5.89. The van der Waals surface area contributed by atoms with Crippen molar-refractivity contribution in [2.24, 2.45) is 11.8 Å². The van der Waals surface area contributed by atoms with E-state index in [1.807, 2.05) is 6.92 Å². The SMILES string of the molecule is CC(C)CCNC(=O)C(C)NCC(O)CC(C)C. The van der Waals surface area contributed by atoms with E-state index in [1.54, 1.807) is 0 Å². The minimum atomic E-state index is -0.379. The van der Waals surface area contributed by atoms with Gasteiger partial charge in [0, 0.05) is 13.1 Å². The van der Waals surface area contributed by atoms with E-state index in [2.05, 4.69) is 38.3 Å². The van der Waals surface area contributed by atoms with Gasteiger partial charge in [0.25, 0.3) is 0 Å². The van der Waals surface area contributed by atoms with Crippen molar-refractivity contribution in [3.05, 3.63) is 0 Å². The summed E-state index contributed by atoms with van der Waals surface area (Å²) < 4.78 is 0. The van der Waals surface area contributed by atoms with Crippen LogP contribution in [0.5, 0.6) is 0 Å². The molecule has 0 bridgehead atoms. The van der Waals surface area contributed by atoms with Gasteiger partial charge >= 0.3 is 0 Å². The van der Waals surface area contributed by atoms with Crippen LogP contribution in [0.15, 0.2) is 0 Å². The molecule has 0 aromatic carbocycles. The van der Waals surface area contributed by atoms with Crippen LogP contribution < -0.4 is 10.6 Å². The maximum absolute atomic E-state index is 11.7. The van der Waals surface area contributed by atoms with Crippen molar-refractivity contribution in [2.45, 2.75) is 59.6 Å². The van der Waals surface area contributed by atoms with E-state index in [1.165, 1.54) is 0 Å². The van der Waals surface area contributed by atoms with Crippen LogP contribution in [-0.2, 0) is 4.79 Å². The zero-order valence-corrected chi connectivity index (χ0v) is 12.5. The average Bonchev–Trinajstić information content (AvgIpc) is 2.24. The van der Waals surface area contributed by atoms with Crippen LogP contribution in [0, 0.1) is 11.8 Å². The smallest absolute Gasteiger partial charge is 0.236 e. The van der Waals surface area contributed by atoms with E-state index in [-0.39, 0.29) is 18.1 Å². The van der Waals surface area contributed by atoms with Gasteiger partial charge < -0.3 is 15.7 Å². The van der Waals surface area contributed by atoms with Crippen LogP contribution in [0.3, 0.4) is 0 Å². The standard InChI is InChI=1S/C14H30N2O2/c1-10(2)6-7-15-14(18)12(5)16-9-13(17)8-11(3)4/h10-13,16-17H,6-9H2,1-5H3,(H,15,18). The number of aliphatic hydroxyl groups is 1. The van der Waals surface area contributed by atoms with Gasteiger partial charge in [-0.15, -0.1) is 0 Å². The molecule has 0 aromatic heterocycles. The third-order valence-electron chi connectivity index (χ3n) is 2.82. The summed E-state index contributed by atoms with van der Waals surface area (Å²) in [5.74, 6) is 1.07. The van der Waals surface area contributed by atoms with Crippen LogP contribution in [0.4, 0.5) is 0 Å². The van der Waals surface area contributed by atoms with Crippen molar-refractivity contribution in [2.75, 3.05) is 13.1 Å². The lowest BCUT2D eigenvalue weighted by Gasteiger charge is -2.18. The summed E-state index contributed by atoms with van der Waals surface area (Å²) in [4.78, 5) is 11.7. The van der Waals surface area contributed by atoms with E-state index in [0.29, 0.717) is 18.4 Å². The predicted molar refractivity (Wildman–Crippen MR) is 75.4 cm³/mol. The Balaban J connectivity index is 3.73. The molecular formula is C14H30N2O2. The topological polar surface area (TPSA) is 61.4 Å². The molecule has 108 valence electrons. The highest BCUT2D eigenvalue weighted by molar-refractivity contribution is 5.81. The van der Waals surface area contributed by atoms with Gasteiger partial charge in [0.1, 0.15) is 0 Å². The number of hydrogen-bond donors (Lipinski definition) is 3. The van der Waals surface area contributed by atoms with Crippen LogP contribution in [-0.4, -0.2) is 36.2 Å². The highest BCUT2D eigenvalue weighted by atomic mass is 16.3. The Kier molecular flexibility index (Phi) is 9.02. The fraction of sp³-hybridized carbons (Fsp3) is 0.929. The summed E-state index contributed by atoms with van der Waals surface area (Å²) >= 11 is 0. The van der Waals surface area contributed by atoms with Gasteiger partial charge in [-0.3, -0.25) is 4.79 Å². The lowest BCUT2D eigenvalue weighted by molar-refractivity contribution is -0.122. The molecule has 18 heavy (non-hydrogen) atoms. The van der Waals surface area contributed by atoms with Gasteiger partial charge in [-0.05, 0) is 31.6 Å². The number of nitrogens with one attached hydrogen (secondary N) is 2. The molecule has 0 saturated carbocycles. The summed E-state index contributed by atoms with van der Waals surface area (Å²) in [6.07, 6.45) is 1.37. The van der Waals surface area contributed by atoms with Gasteiger partial charge in [0.2, 0.25) is 5.91 Å². The molecular weight excluding hydrogens is 228 g/mol. The lowest BCUT2D eigenvalue weighted by Crippen LogP contribution is -2.45. The summed E-state index contributed by atoms with van der Waals surface area (Å²) in [7, 11) is 0. The second kappa shape index (κ2) is 9.34. The fourth-order valence-electron chi connectivity index (χ4n) is 1.67.